The second-order valence-electron chi connectivity index (χ2n) is 5.15. The van der Waals surface area contributed by atoms with Gasteiger partial charge in [0.25, 0.3) is 0 Å². The van der Waals surface area contributed by atoms with Crippen molar-refractivity contribution < 1.29 is 0 Å². The largest absolute Gasteiger partial charge is 0.371 e. The van der Waals surface area contributed by atoms with E-state index in [4.69, 9.17) is 0 Å². The molecule has 0 saturated carbocycles. The van der Waals surface area contributed by atoms with E-state index in [2.05, 4.69) is 55.4 Å². The van der Waals surface area contributed by atoms with E-state index in [0.29, 0.717) is 6.04 Å². The molecule has 1 N–H and O–H groups in total. The Labute approximate surface area is 105 Å². The average Bonchev–Trinajstić information content (AvgIpc) is 2.39. The lowest BCUT2D eigenvalue weighted by molar-refractivity contribution is 0.480. The number of rotatable bonds is 4. The van der Waals surface area contributed by atoms with Gasteiger partial charge in [-0.05, 0) is 31.0 Å². The number of hydrogen-bond acceptors (Lipinski definition) is 2. The fourth-order valence-corrected chi connectivity index (χ4v) is 2.63. The Kier molecular flexibility index (Phi) is 4.06. The summed E-state index contributed by atoms with van der Waals surface area (Å²) in [7, 11) is 2.06. The highest BCUT2D eigenvalue weighted by Gasteiger charge is 2.23. The van der Waals surface area contributed by atoms with Crippen LogP contribution in [0.5, 0.6) is 0 Å². The zero-order chi connectivity index (χ0) is 12.3. The van der Waals surface area contributed by atoms with Crippen molar-refractivity contribution >= 4 is 5.69 Å². The highest BCUT2D eigenvalue weighted by atomic mass is 15.1. The van der Waals surface area contributed by atoms with Gasteiger partial charge >= 0.3 is 0 Å². The Bertz CT molecular complexity index is 362. The first-order valence-electron chi connectivity index (χ1n) is 6.77. The van der Waals surface area contributed by atoms with E-state index in [9.17, 15) is 0 Å². The number of hydrogen-bond donors (Lipinski definition) is 1. The Hall–Kier alpha value is -1.02. The fraction of sp³-hybridized carbons (Fsp3) is 0.600. The topological polar surface area (TPSA) is 15.3 Å². The van der Waals surface area contributed by atoms with Crippen molar-refractivity contribution in [1.82, 2.24) is 5.32 Å². The molecule has 2 heteroatoms. The number of nitrogens with one attached hydrogen (secondary N) is 1. The second-order valence-corrected chi connectivity index (χ2v) is 5.15. The molecule has 0 aliphatic carbocycles. The number of benzene rings is 1. The quantitative estimate of drug-likeness (QED) is 0.857. The average molecular weight is 232 g/mol. The standard InChI is InChI=1S/C15H24N2/c1-4-12(2)11-17-10-9-14(16-3)13-7-5-6-8-15(13)17/h5-8,12,14,16H,4,9-11H2,1-3H3. The van der Waals surface area contributed by atoms with E-state index in [-0.39, 0.29) is 0 Å². The lowest BCUT2D eigenvalue weighted by atomic mass is 9.95. The van der Waals surface area contributed by atoms with E-state index in [0.717, 1.165) is 5.92 Å². The summed E-state index contributed by atoms with van der Waals surface area (Å²) in [4.78, 5) is 2.55. The van der Waals surface area contributed by atoms with Crippen LogP contribution in [0.1, 0.15) is 38.3 Å². The summed E-state index contributed by atoms with van der Waals surface area (Å²) >= 11 is 0. The summed E-state index contributed by atoms with van der Waals surface area (Å²) in [5.41, 5.74) is 2.89. The van der Waals surface area contributed by atoms with Crippen LogP contribution in [-0.4, -0.2) is 20.1 Å². The van der Waals surface area contributed by atoms with Gasteiger partial charge in [0.05, 0.1) is 0 Å². The summed E-state index contributed by atoms with van der Waals surface area (Å²) in [6.45, 7) is 6.97. The van der Waals surface area contributed by atoms with Crippen molar-refractivity contribution in [3.8, 4) is 0 Å². The molecule has 94 valence electrons. The van der Waals surface area contributed by atoms with Crippen LogP contribution in [0.2, 0.25) is 0 Å². The van der Waals surface area contributed by atoms with E-state index in [1.807, 2.05) is 0 Å². The summed E-state index contributed by atoms with van der Waals surface area (Å²) in [6, 6.07) is 9.36. The molecule has 0 bridgehead atoms. The van der Waals surface area contributed by atoms with Crippen molar-refractivity contribution in [3.05, 3.63) is 29.8 Å². The molecule has 0 radical (unpaired) electrons. The van der Waals surface area contributed by atoms with Crippen LogP contribution >= 0.6 is 0 Å². The van der Waals surface area contributed by atoms with Gasteiger partial charge in [0.15, 0.2) is 0 Å². The number of nitrogens with zero attached hydrogens (tertiary/aromatic N) is 1. The molecule has 17 heavy (non-hydrogen) atoms. The Morgan fingerprint density at radius 3 is 2.88 bits per heavy atom. The maximum absolute atomic E-state index is 3.42. The van der Waals surface area contributed by atoms with Crippen molar-refractivity contribution in [3.63, 3.8) is 0 Å². The van der Waals surface area contributed by atoms with Crippen LogP contribution in [0.25, 0.3) is 0 Å². The van der Waals surface area contributed by atoms with Gasteiger partial charge in [-0.15, -0.1) is 0 Å². The number of fused-ring (bicyclic) bond motifs is 1. The Balaban J connectivity index is 2.22. The van der Waals surface area contributed by atoms with Crippen molar-refractivity contribution in [2.75, 3.05) is 25.0 Å². The highest BCUT2D eigenvalue weighted by molar-refractivity contribution is 5.57. The molecule has 0 saturated heterocycles. The van der Waals surface area contributed by atoms with Crippen LogP contribution in [0.4, 0.5) is 5.69 Å². The molecule has 2 atom stereocenters. The molecule has 2 rings (SSSR count). The first-order valence-corrected chi connectivity index (χ1v) is 6.77. The minimum atomic E-state index is 0.527. The first kappa shape index (κ1) is 12.4. The van der Waals surface area contributed by atoms with Gasteiger partial charge in [0.1, 0.15) is 0 Å². The summed E-state index contributed by atoms with van der Waals surface area (Å²) in [5, 5.41) is 3.42. The van der Waals surface area contributed by atoms with Crippen LogP contribution in [0.15, 0.2) is 24.3 Å². The van der Waals surface area contributed by atoms with Gasteiger partial charge in [-0.2, -0.15) is 0 Å². The molecule has 0 aromatic heterocycles. The Morgan fingerprint density at radius 1 is 1.41 bits per heavy atom. The molecule has 2 unspecified atom stereocenters. The molecular formula is C15H24N2. The third kappa shape index (κ3) is 2.63. The smallest absolute Gasteiger partial charge is 0.0414 e. The van der Waals surface area contributed by atoms with Gasteiger partial charge in [0.2, 0.25) is 0 Å². The lowest BCUT2D eigenvalue weighted by Crippen LogP contribution is -2.37. The molecule has 0 spiro atoms. The van der Waals surface area contributed by atoms with Crippen molar-refractivity contribution in [2.45, 2.75) is 32.7 Å². The van der Waals surface area contributed by atoms with E-state index in [1.54, 1.807) is 0 Å². The van der Waals surface area contributed by atoms with Gasteiger partial charge < -0.3 is 10.2 Å². The molecule has 1 aromatic rings. The molecule has 1 aromatic carbocycles. The summed E-state index contributed by atoms with van der Waals surface area (Å²) in [5.74, 6) is 0.772. The monoisotopic (exact) mass is 232 g/mol. The SMILES string of the molecule is CCC(C)CN1CCC(NC)c2ccccc21. The second kappa shape index (κ2) is 5.54. The van der Waals surface area contributed by atoms with Crippen LogP contribution in [0, 0.1) is 5.92 Å². The molecule has 2 nitrogen and oxygen atoms in total. The molecule has 0 fully saturated rings. The van der Waals surface area contributed by atoms with E-state index >= 15 is 0 Å². The van der Waals surface area contributed by atoms with Gasteiger partial charge in [-0.1, -0.05) is 38.5 Å². The third-order valence-electron chi connectivity index (χ3n) is 3.92. The van der Waals surface area contributed by atoms with Gasteiger partial charge in [0, 0.05) is 24.8 Å². The molecule has 1 aliphatic rings. The van der Waals surface area contributed by atoms with Crippen LogP contribution < -0.4 is 10.2 Å². The summed E-state index contributed by atoms with van der Waals surface area (Å²) in [6.07, 6.45) is 2.47. The molecular weight excluding hydrogens is 208 g/mol. The van der Waals surface area contributed by atoms with Crippen LogP contribution in [0.3, 0.4) is 0 Å². The summed E-state index contributed by atoms with van der Waals surface area (Å²) < 4.78 is 0. The van der Waals surface area contributed by atoms with E-state index < -0.39 is 0 Å². The normalized spacial score (nSPS) is 21.1. The predicted octanol–water partition coefficient (Wildman–Crippen LogP) is 3.20. The van der Waals surface area contributed by atoms with Crippen molar-refractivity contribution in [1.29, 1.82) is 0 Å². The molecule has 1 aliphatic heterocycles. The van der Waals surface area contributed by atoms with Crippen LogP contribution in [-0.2, 0) is 0 Å². The molecule has 1 heterocycles. The van der Waals surface area contributed by atoms with Gasteiger partial charge in [-0.3, -0.25) is 0 Å². The lowest BCUT2D eigenvalue weighted by Gasteiger charge is -2.37. The molecule has 0 amide bonds. The van der Waals surface area contributed by atoms with E-state index in [1.165, 1.54) is 37.2 Å². The van der Waals surface area contributed by atoms with Gasteiger partial charge in [-0.25, -0.2) is 0 Å². The minimum absolute atomic E-state index is 0.527. The first-order chi connectivity index (χ1) is 8.26. The minimum Gasteiger partial charge on any atom is -0.371 e. The van der Waals surface area contributed by atoms with Crippen molar-refractivity contribution in [2.24, 2.45) is 5.92 Å². The predicted molar refractivity (Wildman–Crippen MR) is 74.5 cm³/mol. The highest BCUT2D eigenvalue weighted by Crippen LogP contribution is 2.33. The maximum atomic E-state index is 3.42. The Morgan fingerprint density at radius 2 is 2.18 bits per heavy atom. The number of para-hydroxylation sites is 1. The zero-order valence-electron chi connectivity index (χ0n) is 11.2. The maximum Gasteiger partial charge on any atom is 0.0414 e. The fourth-order valence-electron chi connectivity index (χ4n) is 2.63. The zero-order valence-corrected chi connectivity index (χ0v) is 11.2. The third-order valence-corrected chi connectivity index (χ3v) is 3.92. The number of anilines is 1.